The number of hydrogen-bond donors (Lipinski definition) is 1. The first-order valence-corrected chi connectivity index (χ1v) is 9.93. The highest BCUT2D eigenvalue weighted by Gasteiger charge is 2.17. The molecule has 0 aromatic heterocycles. The second-order valence-electron chi connectivity index (χ2n) is 5.56. The third-order valence-electron chi connectivity index (χ3n) is 3.56. The van der Waals surface area contributed by atoms with Crippen molar-refractivity contribution in [2.24, 2.45) is 0 Å². The number of nitrogens with one attached hydrogen (secondary N) is 1. The number of rotatable bonds is 8. The van der Waals surface area contributed by atoms with Gasteiger partial charge >= 0.3 is 0 Å². The van der Waals surface area contributed by atoms with Gasteiger partial charge in [-0.15, -0.1) is 0 Å². The molecule has 0 saturated carbocycles. The van der Waals surface area contributed by atoms with E-state index in [2.05, 4.69) is 4.72 Å². The molecule has 1 N–H and O–H groups in total. The molecule has 2 aromatic carbocycles. The maximum absolute atomic E-state index is 12.5. The molecule has 6 nitrogen and oxygen atoms in total. The SMILES string of the molecule is CCNS(=O)(=O)c1cccc(C(=O)N(C)CCOc2cccc(Cl)c2)c1. The number of carbonyl (C=O) groups is 1. The molecule has 26 heavy (non-hydrogen) atoms. The summed E-state index contributed by atoms with van der Waals surface area (Å²) in [5, 5.41) is 0.575. The molecule has 0 radical (unpaired) electrons. The minimum Gasteiger partial charge on any atom is -0.492 e. The van der Waals surface area contributed by atoms with Crippen molar-refractivity contribution >= 4 is 27.5 Å². The van der Waals surface area contributed by atoms with Gasteiger partial charge in [-0.2, -0.15) is 0 Å². The Morgan fingerprint density at radius 3 is 2.62 bits per heavy atom. The molecule has 2 rings (SSSR count). The van der Waals surface area contributed by atoms with Crippen LogP contribution >= 0.6 is 11.6 Å². The van der Waals surface area contributed by atoms with Gasteiger partial charge in [0.15, 0.2) is 0 Å². The first-order valence-electron chi connectivity index (χ1n) is 8.07. The first kappa shape index (κ1) is 20.2. The Morgan fingerprint density at radius 2 is 1.92 bits per heavy atom. The number of benzene rings is 2. The number of amides is 1. The molecule has 0 saturated heterocycles. The van der Waals surface area contributed by atoms with Crippen molar-refractivity contribution in [3.8, 4) is 5.75 Å². The van der Waals surface area contributed by atoms with Crippen LogP contribution in [0.4, 0.5) is 0 Å². The highest BCUT2D eigenvalue weighted by molar-refractivity contribution is 7.89. The van der Waals surface area contributed by atoms with Gasteiger partial charge in [-0.1, -0.05) is 30.7 Å². The molecule has 0 aliphatic rings. The van der Waals surface area contributed by atoms with E-state index in [-0.39, 0.29) is 24.0 Å². The van der Waals surface area contributed by atoms with Crippen molar-refractivity contribution in [2.45, 2.75) is 11.8 Å². The topological polar surface area (TPSA) is 75.7 Å². The number of halogens is 1. The van der Waals surface area contributed by atoms with Gasteiger partial charge in [0.25, 0.3) is 5.91 Å². The van der Waals surface area contributed by atoms with E-state index in [1.54, 1.807) is 50.4 Å². The molecule has 0 atom stereocenters. The second-order valence-corrected chi connectivity index (χ2v) is 7.77. The van der Waals surface area contributed by atoms with Gasteiger partial charge in [-0.05, 0) is 36.4 Å². The molecular weight excluding hydrogens is 376 g/mol. The van der Waals surface area contributed by atoms with E-state index in [0.717, 1.165) is 0 Å². The quantitative estimate of drug-likeness (QED) is 0.744. The first-order chi connectivity index (χ1) is 12.3. The monoisotopic (exact) mass is 396 g/mol. The molecule has 0 aliphatic carbocycles. The zero-order valence-electron chi connectivity index (χ0n) is 14.6. The van der Waals surface area contributed by atoms with Crippen LogP contribution in [0, 0.1) is 0 Å². The molecule has 0 fully saturated rings. The Labute approximate surface area is 158 Å². The van der Waals surface area contributed by atoms with Crippen LogP contribution in [0.1, 0.15) is 17.3 Å². The Morgan fingerprint density at radius 1 is 1.19 bits per heavy atom. The number of ether oxygens (including phenoxy) is 1. The number of likely N-dealkylation sites (N-methyl/N-ethyl adjacent to an activating group) is 1. The fourth-order valence-corrected chi connectivity index (χ4v) is 3.52. The minimum atomic E-state index is -3.61. The molecule has 0 bridgehead atoms. The highest BCUT2D eigenvalue weighted by atomic mass is 35.5. The van der Waals surface area contributed by atoms with E-state index < -0.39 is 10.0 Å². The number of carbonyl (C=O) groups excluding carboxylic acids is 1. The summed E-state index contributed by atoms with van der Waals surface area (Å²) in [7, 11) is -1.97. The van der Waals surface area contributed by atoms with Gasteiger partial charge in [0.2, 0.25) is 10.0 Å². The fraction of sp³-hybridized carbons (Fsp3) is 0.278. The summed E-state index contributed by atoms with van der Waals surface area (Å²) >= 11 is 5.89. The summed E-state index contributed by atoms with van der Waals surface area (Å²) in [5.41, 5.74) is 0.300. The van der Waals surface area contributed by atoms with Crippen molar-refractivity contribution in [1.82, 2.24) is 9.62 Å². The lowest BCUT2D eigenvalue weighted by Crippen LogP contribution is -2.31. The van der Waals surface area contributed by atoms with E-state index in [9.17, 15) is 13.2 Å². The normalized spacial score (nSPS) is 11.2. The molecular formula is C18H21ClN2O4S. The summed E-state index contributed by atoms with van der Waals surface area (Å²) in [4.78, 5) is 14.1. The molecule has 0 heterocycles. The average molecular weight is 397 g/mol. The number of hydrogen-bond acceptors (Lipinski definition) is 4. The lowest BCUT2D eigenvalue weighted by molar-refractivity contribution is 0.0773. The largest absolute Gasteiger partial charge is 0.492 e. The molecule has 0 spiro atoms. The van der Waals surface area contributed by atoms with Crippen molar-refractivity contribution < 1.29 is 17.9 Å². The van der Waals surface area contributed by atoms with Crippen molar-refractivity contribution in [1.29, 1.82) is 0 Å². The Hall–Kier alpha value is -2.09. The molecule has 8 heteroatoms. The third kappa shape index (κ3) is 5.45. The van der Waals surface area contributed by atoms with Gasteiger partial charge in [0, 0.05) is 24.2 Å². The summed E-state index contributed by atoms with van der Waals surface area (Å²) in [6.45, 7) is 2.61. The lowest BCUT2D eigenvalue weighted by Gasteiger charge is -2.18. The molecule has 2 aromatic rings. The van der Waals surface area contributed by atoms with Gasteiger partial charge in [0.05, 0.1) is 11.4 Å². The summed E-state index contributed by atoms with van der Waals surface area (Å²) in [6.07, 6.45) is 0. The minimum absolute atomic E-state index is 0.0637. The molecule has 1 amide bonds. The lowest BCUT2D eigenvalue weighted by atomic mass is 10.2. The van der Waals surface area contributed by atoms with E-state index in [4.69, 9.17) is 16.3 Å². The van der Waals surface area contributed by atoms with Gasteiger partial charge in [-0.25, -0.2) is 13.1 Å². The van der Waals surface area contributed by atoms with Crippen LogP contribution in [-0.4, -0.2) is 46.0 Å². The third-order valence-corrected chi connectivity index (χ3v) is 5.34. The number of nitrogens with zero attached hydrogens (tertiary/aromatic N) is 1. The van der Waals surface area contributed by atoms with E-state index in [1.807, 2.05) is 0 Å². The van der Waals surface area contributed by atoms with Gasteiger partial charge in [-0.3, -0.25) is 4.79 Å². The number of sulfonamides is 1. The van der Waals surface area contributed by atoms with Crippen molar-refractivity contribution in [3.05, 3.63) is 59.1 Å². The Balaban J connectivity index is 1.99. The molecule has 140 valence electrons. The van der Waals surface area contributed by atoms with Crippen LogP contribution in [0.15, 0.2) is 53.4 Å². The molecule has 0 aliphatic heterocycles. The fourth-order valence-electron chi connectivity index (χ4n) is 2.25. The zero-order chi connectivity index (χ0) is 19.2. The molecule has 0 unspecified atom stereocenters. The van der Waals surface area contributed by atoms with E-state index in [0.29, 0.717) is 22.9 Å². The Bertz CT molecular complexity index is 871. The second kappa shape index (κ2) is 9.02. The van der Waals surface area contributed by atoms with Crippen LogP contribution in [0.5, 0.6) is 5.75 Å². The van der Waals surface area contributed by atoms with Crippen molar-refractivity contribution in [2.75, 3.05) is 26.7 Å². The predicted octanol–water partition coefficient (Wildman–Crippen LogP) is 2.79. The standard InChI is InChI=1S/C18H21ClN2O4S/c1-3-20-26(23,24)17-9-4-6-14(12-17)18(22)21(2)10-11-25-16-8-5-7-15(19)13-16/h4-9,12-13,20H,3,10-11H2,1-2H3. The van der Waals surface area contributed by atoms with E-state index in [1.165, 1.54) is 17.0 Å². The van der Waals surface area contributed by atoms with E-state index >= 15 is 0 Å². The van der Waals surface area contributed by atoms with Crippen LogP contribution in [-0.2, 0) is 10.0 Å². The Kier molecular flexibility index (Phi) is 7.02. The van der Waals surface area contributed by atoms with Gasteiger partial charge in [0.1, 0.15) is 12.4 Å². The highest BCUT2D eigenvalue weighted by Crippen LogP contribution is 2.17. The van der Waals surface area contributed by atoms with Crippen molar-refractivity contribution in [3.63, 3.8) is 0 Å². The van der Waals surface area contributed by atoms with Crippen LogP contribution in [0.25, 0.3) is 0 Å². The predicted molar refractivity (Wildman–Crippen MR) is 101 cm³/mol. The average Bonchev–Trinajstić information content (AvgIpc) is 2.61. The van der Waals surface area contributed by atoms with Crippen LogP contribution < -0.4 is 9.46 Å². The summed E-state index contributed by atoms with van der Waals surface area (Å²) < 4.78 is 32.1. The smallest absolute Gasteiger partial charge is 0.253 e. The van der Waals surface area contributed by atoms with Crippen LogP contribution in [0.3, 0.4) is 0 Å². The van der Waals surface area contributed by atoms with Crippen LogP contribution in [0.2, 0.25) is 5.02 Å². The van der Waals surface area contributed by atoms with Gasteiger partial charge < -0.3 is 9.64 Å². The maximum Gasteiger partial charge on any atom is 0.253 e. The summed E-state index contributed by atoms with van der Waals surface area (Å²) in [5.74, 6) is 0.338. The maximum atomic E-state index is 12.5. The zero-order valence-corrected chi connectivity index (χ0v) is 16.2. The summed E-state index contributed by atoms with van der Waals surface area (Å²) in [6, 6.07) is 13.0.